The van der Waals surface area contributed by atoms with E-state index in [4.69, 9.17) is 5.73 Å². The maximum absolute atomic E-state index is 12.2. The molecule has 0 rings (SSSR count). The third-order valence-corrected chi connectivity index (χ3v) is 4.58. The van der Waals surface area contributed by atoms with E-state index in [0.29, 0.717) is 13.1 Å². The molecule has 0 spiro atoms. The molecule has 0 aliphatic heterocycles. The number of rotatable bonds is 11. The van der Waals surface area contributed by atoms with Crippen LogP contribution in [-0.2, 0) is 14.6 Å². The number of carbonyl (C=O) groups excluding carboxylic acids is 1. The lowest BCUT2D eigenvalue weighted by molar-refractivity contribution is -0.132. The Labute approximate surface area is 129 Å². The highest BCUT2D eigenvalue weighted by Gasteiger charge is 2.21. The van der Waals surface area contributed by atoms with E-state index in [2.05, 4.69) is 18.7 Å². The van der Waals surface area contributed by atoms with E-state index in [1.165, 1.54) is 0 Å². The second-order valence-electron chi connectivity index (χ2n) is 5.32. The number of likely N-dealkylation sites (N-methyl/N-ethyl adjacent to an activating group) is 1. The van der Waals surface area contributed by atoms with Crippen molar-refractivity contribution in [1.29, 1.82) is 0 Å². The first kappa shape index (κ1) is 20.3. The van der Waals surface area contributed by atoms with E-state index in [1.54, 1.807) is 4.90 Å². The van der Waals surface area contributed by atoms with Gasteiger partial charge in [-0.3, -0.25) is 4.79 Å². The van der Waals surface area contributed by atoms with E-state index in [-0.39, 0.29) is 18.1 Å². The highest BCUT2D eigenvalue weighted by molar-refractivity contribution is 7.90. The van der Waals surface area contributed by atoms with Gasteiger partial charge in [-0.15, -0.1) is 0 Å². The van der Waals surface area contributed by atoms with Crippen molar-refractivity contribution < 1.29 is 13.2 Å². The first-order valence-corrected chi connectivity index (χ1v) is 9.75. The summed E-state index contributed by atoms with van der Waals surface area (Å²) in [7, 11) is -3.08. The van der Waals surface area contributed by atoms with Gasteiger partial charge >= 0.3 is 0 Å². The summed E-state index contributed by atoms with van der Waals surface area (Å²) in [4.78, 5) is 16.2. The maximum atomic E-state index is 12.2. The number of amides is 1. The fraction of sp³-hybridized carbons (Fsp3) is 0.929. The Morgan fingerprint density at radius 2 is 1.67 bits per heavy atom. The molecule has 0 aliphatic carbocycles. The third-order valence-electron chi connectivity index (χ3n) is 3.61. The minimum absolute atomic E-state index is 0.0447. The molecule has 1 unspecified atom stereocenters. The largest absolute Gasteiger partial charge is 0.342 e. The summed E-state index contributed by atoms with van der Waals surface area (Å²) >= 11 is 0. The molecular weight excluding hydrogens is 290 g/mol. The molecule has 21 heavy (non-hydrogen) atoms. The second-order valence-corrected chi connectivity index (χ2v) is 7.58. The van der Waals surface area contributed by atoms with Crippen LogP contribution >= 0.6 is 0 Å². The Balaban J connectivity index is 4.28. The maximum Gasteiger partial charge on any atom is 0.239 e. The normalized spacial score (nSPS) is 13.4. The van der Waals surface area contributed by atoms with Crippen molar-refractivity contribution in [1.82, 2.24) is 9.80 Å². The van der Waals surface area contributed by atoms with Crippen LogP contribution in [0.3, 0.4) is 0 Å². The molecule has 0 aromatic carbocycles. The summed E-state index contributed by atoms with van der Waals surface area (Å²) in [6, 6.07) is -0.729. The van der Waals surface area contributed by atoms with Gasteiger partial charge < -0.3 is 15.5 Å². The molecule has 0 heterocycles. The van der Waals surface area contributed by atoms with Gasteiger partial charge in [-0.25, -0.2) is 8.42 Å². The van der Waals surface area contributed by atoms with Crippen molar-refractivity contribution in [3.05, 3.63) is 0 Å². The number of carbonyl (C=O) groups is 1. The van der Waals surface area contributed by atoms with Crippen molar-refractivity contribution in [2.24, 2.45) is 5.73 Å². The number of nitrogens with two attached hydrogens (primary N) is 1. The first-order chi connectivity index (χ1) is 9.75. The monoisotopic (exact) mass is 321 g/mol. The van der Waals surface area contributed by atoms with Crippen LogP contribution in [0.25, 0.3) is 0 Å². The predicted octanol–water partition coefficient (Wildman–Crippen LogP) is 0.329. The number of hydrogen-bond acceptors (Lipinski definition) is 5. The van der Waals surface area contributed by atoms with Gasteiger partial charge in [0.2, 0.25) is 5.91 Å². The van der Waals surface area contributed by atoms with Crippen molar-refractivity contribution in [3.63, 3.8) is 0 Å². The zero-order chi connectivity index (χ0) is 16.5. The zero-order valence-corrected chi connectivity index (χ0v) is 14.7. The molecule has 6 nitrogen and oxygen atoms in total. The Morgan fingerprint density at radius 3 is 2.10 bits per heavy atom. The SMILES string of the molecule is CCN(CC)CCCN(CC)C(=O)C(N)CCS(C)(=O)=O. The molecule has 0 fully saturated rings. The first-order valence-electron chi connectivity index (χ1n) is 7.69. The Hall–Kier alpha value is -0.660. The van der Waals surface area contributed by atoms with Crippen LogP contribution in [0.1, 0.15) is 33.6 Å². The van der Waals surface area contributed by atoms with Gasteiger partial charge in [-0.05, 0) is 39.4 Å². The molecular formula is C14H31N3O3S. The number of hydrogen-bond donors (Lipinski definition) is 1. The summed E-state index contributed by atoms with van der Waals surface area (Å²) in [5, 5.41) is 0. The van der Waals surface area contributed by atoms with Gasteiger partial charge in [-0.2, -0.15) is 0 Å². The molecule has 2 N–H and O–H groups in total. The van der Waals surface area contributed by atoms with Crippen LogP contribution < -0.4 is 5.73 Å². The lowest BCUT2D eigenvalue weighted by Gasteiger charge is -2.26. The standard InChI is InChI=1S/C14H31N3O3S/c1-5-16(6-2)10-8-11-17(7-3)14(18)13(15)9-12-21(4,19)20/h13H,5-12,15H2,1-4H3. The van der Waals surface area contributed by atoms with Crippen molar-refractivity contribution in [2.45, 2.75) is 39.7 Å². The molecule has 0 radical (unpaired) electrons. The molecule has 126 valence electrons. The lowest BCUT2D eigenvalue weighted by atomic mass is 10.2. The minimum Gasteiger partial charge on any atom is -0.342 e. The fourth-order valence-electron chi connectivity index (χ4n) is 2.15. The van der Waals surface area contributed by atoms with Crippen molar-refractivity contribution in [3.8, 4) is 0 Å². The van der Waals surface area contributed by atoms with Crippen LogP contribution in [0, 0.1) is 0 Å². The van der Waals surface area contributed by atoms with Crippen LogP contribution in [0.2, 0.25) is 0 Å². The topological polar surface area (TPSA) is 83.7 Å². The van der Waals surface area contributed by atoms with Crippen molar-refractivity contribution >= 4 is 15.7 Å². The molecule has 0 saturated carbocycles. The van der Waals surface area contributed by atoms with Crippen LogP contribution in [0.5, 0.6) is 0 Å². The Morgan fingerprint density at radius 1 is 1.10 bits per heavy atom. The summed E-state index contributed by atoms with van der Waals surface area (Å²) < 4.78 is 22.2. The molecule has 1 amide bonds. The fourth-order valence-corrected chi connectivity index (χ4v) is 2.83. The number of nitrogens with zero attached hydrogens (tertiary/aromatic N) is 2. The molecule has 0 aromatic rings. The molecule has 0 aliphatic rings. The van der Waals surface area contributed by atoms with Gasteiger partial charge in [0.05, 0.1) is 11.8 Å². The van der Waals surface area contributed by atoms with Gasteiger partial charge in [0.25, 0.3) is 0 Å². The lowest BCUT2D eigenvalue weighted by Crippen LogP contribution is -2.45. The van der Waals surface area contributed by atoms with Gasteiger partial charge in [0, 0.05) is 19.3 Å². The summed E-state index contributed by atoms with van der Waals surface area (Å²) in [6.07, 6.45) is 2.25. The molecule has 1 atom stereocenters. The second kappa shape index (κ2) is 10.1. The van der Waals surface area contributed by atoms with E-state index in [0.717, 1.165) is 32.3 Å². The third kappa shape index (κ3) is 9.06. The Kier molecular flexibility index (Phi) is 9.81. The summed E-state index contributed by atoms with van der Waals surface area (Å²) in [6.45, 7) is 10.4. The average molecular weight is 321 g/mol. The van der Waals surface area contributed by atoms with Crippen LogP contribution in [0.15, 0.2) is 0 Å². The van der Waals surface area contributed by atoms with Crippen LogP contribution in [0.4, 0.5) is 0 Å². The Bertz CT molecular complexity index is 394. The summed E-state index contributed by atoms with van der Waals surface area (Å²) in [5.74, 6) is -0.197. The zero-order valence-electron chi connectivity index (χ0n) is 13.8. The predicted molar refractivity (Wildman–Crippen MR) is 87.0 cm³/mol. The minimum atomic E-state index is -3.08. The van der Waals surface area contributed by atoms with Crippen LogP contribution in [-0.4, -0.2) is 74.9 Å². The van der Waals surface area contributed by atoms with E-state index >= 15 is 0 Å². The quantitative estimate of drug-likeness (QED) is 0.593. The van der Waals surface area contributed by atoms with Gasteiger partial charge in [-0.1, -0.05) is 13.8 Å². The van der Waals surface area contributed by atoms with E-state index in [9.17, 15) is 13.2 Å². The van der Waals surface area contributed by atoms with Gasteiger partial charge in [0.15, 0.2) is 0 Å². The molecule has 0 saturated heterocycles. The van der Waals surface area contributed by atoms with E-state index < -0.39 is 15.9 Å². The highest BCUT2D eigenvalue weighted by Crippen LogP contribution is 2.02. The highest BCUT2D eigenvalue weighted by atomic mass is 32.2. The smallest absolute Gasteiger partial charge is 0.239 e. The van der Waals surface area contributed by atoms with Crippen molar-refractivity contribution in [2.75, 3.05) is 44.7 Å². The van der Waals surface area contributed by atoms with E-state index in [1.807, 2.05) is 6.92 Å². The molecule has 0 bridgehead atoms. The average Bonchev–Trinajstić information content (AvgIpc) is 2.43. The molecule has 0 aromatic heterocycles. The number of sulfone groups is 1. The molecule has 7 heteroatoms. The summed E-state index contributed by atoms with van der Waals surface area (Å²) in [5.41, 5.74) is 5.82. The van der Waals surface area contributed by atoms with Gasteiger partial charge in [0.1, 0.15) is 9.84 Å².